The first kappa shape index (κ1) is 86.8. The van der Waals surface area contributed by atoms with Gasteiger partial charge in [-0.25, -0.2) is 84.4 Å². The van der Waals surface area contributed by atoms with Crippen molar-refractivity contribution in [3.05, 3.63) is 209 Å². The van der Waals surface area contributed by atoms with Crippen molar-refractivity contribution in [3.8, 4) is 11.3 Å². The molecular formula is C98H100F9N21O3. The standard InChI is InChI=1S/C26H29F2N5O.C25H21F3N6.C24H25F2N5O.C23H25F2N5O/c1-15-11-32(12-16(2)29-15)24-5-4-21-25(31-24)33-22-10-19(28)18(27)8-17(22)9-23(33)20(30-21)6-7-26(3)13-34-14-26;1-13-11-33(12-14(2)29-13)22-7-6-19-24(32-22)34-21-10-18(28)17(27)9-20(21)31-25(34)23(30-19)15-4-3-5-16(26)8-15;1-13-9-30(10-14(2)27-13)23-4-3-19-24(29-23)31-21-8-18(26)17(25)6-16(21)7-22(31)20(28-19)5-15-11-32-12-15;1-13-11-29(12-14(2)26-13)22-6-5-19-23(28-22)30-20-10-17(25)16(24)8-15(20)9-21(30)18(27-19)4-3-7-31/h4-5,8-10,15-16,29H,6-7,11-14H2,1-3H3;3-10,13-14,29H,11-12H2,1-2H3;3-4,6-8,13-15,27H,5,9-12H2,1-2H3;5-6,8-10,13-14,26,31H,3-4,7,11-12H2,1-2H3/t15-,16+;3*13-,14+. The third-order valence-electron chi connectivity index (χ3n) is 25.8. The number of piperazine rings is 4. The Hall–Kier alpha value is -12.2. The van der Waals surface area contributed by atoms with E-state index in [9.17, 15) is 44.6 Å². The van der Waals surface area contributed by atoms with E-state index in [2.05, 4.69) is 108 Å². The first-order valence-corrected chi connectivity index (χ1v) is 44.9. The molecule has 678 valence electrons. The summed E-state index contributed by atoms with van der Waals surface area (Å²) in [6.07, 6.45) is 3.57. The molecular weight excluding hydrogens is 1690 g/mol. The van der Waals surface area contributed by atoms with Crippen LogP contribution in [0.3, 0.4) is 0 Å². The van der Waals surface area contributed by atoms with Gasteiger partial charge in [-0.15, -0.1) is 0 Å². The highest BCUT2D eigenvalue weighted by molar-refractivity contribution is 5.98. The van der Waals surface area contributed by atoms with Crippen LogP contribution in [0, 0.1) is 63.7 Å². The van der Waals surface area contributed by atoms with Gasteiger partial charge in [-0.05, 0) is 185 Å². The number of halogens is 9. The molecule has 6 aliphatic rings. The van der Waals surface area contributed by atoms with Crippen LogP contribution in [0.2, 0.25) is 0 Å². The number of aliphatic hydroxyl groups excluding tert-OH is 1. The Kier molecular flexibility index (Phi) is 23.1. The molecule has 0 spiro atoms. The van der Waals surface area contributed by atoms with Crippen molar-refractivity contribution in [2.24, 2.45) is 11.3 Å². The molecule has 33 heteroatoms. The average Bonchev–Trinajstić information content (AvgIpc) is 1.60. The molecule has 8 atom stereocenters. The number of hydrogen-bond donors (Lipinski definition) is 5. The summed E-state index contributed by atoms with van der Waals surface area (Å²) in [4.78, 5) is 52.8. The molecule has 17 aromatic rings. The highest BCUT2D eigenvalue weighted by atomic mass is 19.2. The SMILES string of the molecule is C[C@@H]1CN(c2ccc3nc(-c4cccc(F)c4)c4nc5cc(F)c(F)cc5n4c3n2)C[C@H](C)N1.C[C@@H]1CN(c2ccc3nc(CC4COC4)c4cc5cc(F)c(F)cc5n4c3n2)C[C@H](C)N1.C[C@@H]1CN(c2ccc3nc(CCC4(C)COC4)c4cc5cc(F)c(F)cc5n4c3n2)C[C@H](C)N1.C[C@@H]1CN(c2ccc3nc(CCCO)c4cc5cc(F)c(F)cc5n4c3n2)C[C@H](C)N1. The minimum atomic E-state index is -0.988. The van der Waals surface area contributed by atoms with E-state index in [1.54, 1.807) is 16.5 Å². The van der Waals surface area contributed by atoms with E-state index in [-0.39, 0.29) is 17.5 Å². The number of fused-ring (bicyclic) bond motifs is 20. The number of aryl methyl sites for hydroxylation is 2. The predicted octanol–water partition coefficient (Wildman–Crippen LogP) is 16.3. The van der Waals surface area contributed by atoms with Gasteiger partial charge in [-0.2, -0.15) is 0 Å². The maximum Gasteiger partial charge on any atom is 0.167 e. The second-order valence-corrected chi connectivity index (χ2v) is 37.0. The smallest absolute Gasteiger partial charge is 0.167 e. The van der Waals surface area contributed by atoms with Crippen LogP contribution in [-0.2, 0) is 28.7 Å². The van der Waals surface area contributed by atoms with Crippen LogP contribution in [0.15, 0.2) is 140 Å². The van der Waals surface area contributed by atoms with Crippen molar-refractivity contribution < 1.29 is 54.1 Å². The molecule has 24 nitrogen and oxygen atoms in total. The summed E-state index contributed by atoms with van der Waals surface area (Å²) >= 11 is 0. The summed E-state index contributed by atoms with van der Waals surface area (Å²) in [5.41, 5.74) is 14.0. The van der Waals surface area contributed by atoms with Gasteiger partial charge in [0, 0.05) is 171 Å². The second kappa shape index (κ2) is 34.8. The lowest BCUT2D eigenvalue weighted by molar-refractivity contribution is -0.105. The van der Waals surface area contributed by atoms with E-state index in [1.807, 2.05) is 79.9 Å². The number of anilines is 4. The van der Waals surface area contributed by atoms with Crippen LogP contribution >= 0.6 is 0 Å². The van der Waals surface area contributed by atoms with E-state index in [4.69, 9.17) is 49.3 Å². The highest BCUT2D eigenvalue weighted by Gasteiger charge is 2.35. The molecule has 0 aliphatic carbocycles. The van der Waals surface area contributed by atoms with Gasteiger partial charge in [0.2, 0.25) is 0 Å². The molecule has 6 aliphatic heterocycles. The Labute approximate surface area is 747 Å². The molecule has 6 saturated heterocycles. The van der Waals surface area contributed by atoms with Gasteiger partial charge in [0.25, 0.3) is 0 Å². The van der Waals surface area contributed by atoms with Gasteiger partial charge in [0.15, 0.2) is 74.8 Å². The normalized spacial score (nSPS) is 20.8. The number of ether oxygens (including phenoxy) is 2. The number of hydrogen-bond acceptors (Lipinski definition) is 20. The van der Waals surface area contributed by atoms with E-state index < -0.39 is 52.4 Å². The summed E-state index contributed by atoms with van der Waals surface area (Å²) in [5, 5.41) is 25.3. The Morgan fingerprint density at radius 2 is 0.710 bits per heavy atom. The molecule has 0 unspecified atom stereocenters. The van der Waals surface area contributed by atoms with E-state index in [0.29, 0.717) is 169 Å². The highest BCUT2D eigenvalue weighted by Crippen LogP contribution is 2.40. The van der Waals surface area contributed by atoms with Crippen molar-refractivity contribution in [1.82, 2.24) is 83.7 Å². The fourth-order valence-corrected chi connectivity index (χ4v) is 19.9. The number of rotatable bonds is 13. The average molecular weight is 1790 g/mol. The van der Waals surface area contributed by atoms with Gasteiger partial charge >= 0.3 is 0 Å². The third kappa shape index (κ3) is 16.9. The molecule has 5 aromatic carbocycles. The number of benzene rings is 5. The zero-order valence-electron chi connectivity index (χ0n) is 74.0. The zero-order valence-corrected chi connectivity index (χ0v) is 74.0. The van der Waals surface area contributed by atoms with Crippen molar-refractivity contribution >= 4 is 134 Å². The Morgan fingerprint density at radius 3 is 1.08 bits per heavy atom. The molecule has 0 bridgehead atoms. The Balaban J connectivity index is 0.000000109. The number of aliphatic hydroxyl groups is 1. The summed E-state index contributed by atoms with van der Waals surface area (Å²) in [6.45, 7) is 29.0. The Bertz CT molecular complexity index is 7310. The quantitative estimate of drug-likeness (QED) is 0.0675. The predicted molar refractivity (Wildman–Crippen MR) is 493 cm³/mol. The monoisotopic (exact) mass is 1790 g/mol. The van der Waals surface area contributed by atoms with Crippen molar-refractivity contribution in [2.45, 2.75) is 143 Å². The first-order chi connectivity index (χ1) is 63.1. The molecule has 5 N–H and O–H groups in total. The molecule has 12 aromatic heterocycles. The number of aromatic nitrogens is 13. The molecule has 6 fully saturated rings. The van der Waals surface area contributed by atoms with E-state index >= 15 is 0 Å². The molecule has 0 saturated carbocycles. The van der Waals surface area contributed by atoms with Gasteiger partial charge in [0.1, 0.15) is 56.8 Å². The van der Waals surface area contributed by atoms with Gasteiger partial charge < -0.3 is 55.4 Å². The molecule has 131 heavy (non-hydrogen) atoms. The fraction of sp³-hybridized carbons (Fsp3) is 0.378. The van der Waals surface area contributed by atoms with Crippen LogP contribution in [0.25, 0.3) is 122 Å². The van der Waals surface area contributed by atoms with E-state index in [0.717, 1.165) is 165 Å². The largest absolute Gasteiger partial charge is 0.396 e. The lowest BCUT2D eigenvalue weighted by atomic mass is 9.83. The topological polar surface area (TPSA) is 233 Å². The minimum absolute atomic E-state index is 0.0475. The maximum absolute atomic E-state index is 14.3. The van der Waals surface area contributed by atoms with Crippen molar-refractivity contribution in [1.29, 1.82) is 0 Å². The second-order valence-electron chi connectivity index (χ2n) is 37.0. The maximum atomic E-state index is 14.3. The van der Waals surface area contributed by atoms with Crippen molar-refractivity contribution in [2.75, 3.05) is 105 Å². The van der Waals surface area contributed by atoms with Gasteiger partial charge in [0.05, 0.1) is 87.6 Å². The van der Waals surface area contributed by atoms with Crippen LogP contribution in [0.1, 0.15) is 92.2 Å². The molecule has 0 radical (unpaired) electrons. The number of pyridine rings is 4. The zero-order chi connectivity index (χ0) is 90.9. The van der Waals surface area contributed by atoms with Crippen molar-refractivity contribution in [3.63, 3.8) is 0 Å². The Morgan fingerprint density at radius 1 is 0.351 bits per heavy atom. The summed E-state index contributed by atoms with van der Waals surface area (Å²) < 4.78 is 145. The summed E-state index contributed by atoms with van der Waals surface area (Å²) in [6, 6.07) is 39.6. The van der Waals surface area contributed by atoms with Crippen LogP contribution in [0.5, 0.6) is 0 Å². The molecule has 18 heterocycles. The first-order valence-electron chi connectivity index (χ1n) is 44.9. The fourth-order valence-electron chi connectivity index (χ4n) is 19.9. The van der Waals surface area contributed by atoms with Crippen LogP contribution < -0.4 is 40.9 Å². The number of nitrogens with one attached hydrogen (secondary N) is 4. The van der Waals surface area contributed by atoms with Crippen LogP contribution in [-0.4, -0.2) is 201 Å². The lowest BCUT2D eigenvalue weighted by Gasteiger charge is -2.38. The number of nitrogens with zero attached hydrogens (tertiary/aromatic N) is 17. The molecule has 0 amide bonds. The third-order valence-corrected chi connectivity index (χ3v) is 25.8. The van der Waals surface area contributed by atoms with Crippen LogP contribution in [0.4, 0.5) is 62.8 Å². The van der Waals surface area contributed by atoms with Gasteiger partial charge in [-0.3, -0.25) is 17.6 Å². The minimum Gasteiger partial charge on any atom is -0.396 e. The summed E-state index contributed by atoms with van der Waals surface area (Å²) in [7, 11) is 0. The van der Waals surface area contributed by atoms with Gasteiger partial charge in [-0.1, -0.05) is 19.1 Å². The number of imidazole rings is 1. The molecule has 23 rings (SSSR count). The summed E-state index contributed by atoms with van der Waals surface area (Å²) in [5.74, 6) is -3.84. The van der Waals surface area contributed by atoms with E-state index in [1.165, 1.54) is 48.5 Å². The lowest BCUT2D eigenvalue weighted by Crippen LogP contribution is -2.54.